The van der Waals surface area contributed by atoms with E-state index in [1.807, 2.05) is 5.38 Å². The van der Waals surface area contributed by atoms with Crippen LogP contribution in [0.5, 0.6) is 0 Å². The molecule has 2 rings (SSSR count). The number of hydrogen-bond acceptors (Lipinski definition) is 4. The van der Waals surface area contributed by atoms with E-state index in [2.05, 4.69) is 15.9 Å². The van der Waals surface area contributed by atoms with Crippen LogP contribution in [-0.2, 0) is 20.6 Å². The van der Waals surface area contributed by atoms with Crippen LogP contribution in [0.25, 0.3) is 0 Å². The predicted octanol–water partition coefficient (Wildman–Crippen LogP) is 1.18. The molecule has 8 heteroatoms. The van der Waals surface area contributed by atoms with Crippen molar-refractivity contribution in [2.75, 3.05) is 7.05 Å². The maximum Gasteiger partial charge on any atom is 0.330 e. The van der Waals surface area contributed by atoms with E-state index in [1.165, 1.54) is 34.0 Å². The van der Waals surface area contributed by atoms with Gasteiger partial charge in [0.1, 0.15) is 4.88 Å². The molecule has 112 valence electrons. The number of aryl methyl sites for hydroxylation is 1. The lowest BCUT2D eigenvalue weighted by atomic mass is 10.3. The number of hydrogen-bond donors (Lipinski definition) is 0. The first-order valence-electron chi connectivity index (χ1n) is 6.07. The highest BCUT2D eigenvalue weighted by Crippen LogP contribution is 2.24. The topological polar surface area (TPSA) is 64.3 Å². The van der Waals surface area contributed by atoms with Crippen LogP contribution in [0.2, 0.25) is 0 Å². The van der Waals surface area contributed by atoms with Gasteiger partial charge in [0.15, 0.2) is 0 Å². The average molecular weight is 372 g/mol. The number of aromatic nitrogens is 2. The van der Waals surface area contributed by atoms with Gasteiger partial charge in [0.05, 0.1) is 12.1 Å². The molecule has 0 bridgehead atoms. The highest BCUT2D eigenvalue weighted by atomic mass is 79.9. The molecule has 0 fully saturated rings. The Balaban J connectivity index is 2.31. The number of thiophene rings is 1. The van der Waals surface area contributed by atoms with E-state index in [4.69, 9.17) is 0 Å². The van der Waals surface area contributed by atoms with Crippen LogP contribution in [0.1, 0.15) is 15.2 Å². The van der Waals surface area contributed by atoms with Crippen molar-refractivity contribution in [2.24, 2.45) is 14.1 Å². The number of halogens is 1. The third-order valence-electron chi connectivity index (χ3n) is 3.08. The molecule has 2 aromatic rings. The van der Waals surface area contributed by atoms with E-state index in [-0.39, 0.29) is 18.0 Å². The van der Waals surface area contributed by atoms with Crippen molar-refractivity contribution in [1.29, 1.82) is 0 Å². The number of rotatable bonds is 3. The van der Waals surface area contributed by atoms with Gasteiger partial charge in [0.2, 0.25) is 0 Å². The lowest BCUT2D eigenvalue weighted by molar-refractivity contribution is 0.0788. The summed E-state index contributed by atoms with van der Waals surface area (Å²) in [5, 5.41) is 1.82. The molecule has 0 aliphatic rings. The van der Waals surface area contributed by atoms with Gasteiger partial charge in [0, 0.05) is 31.8 Å². The highest BCUT2D eigenvalue weighted by molar-refractivity contribution is 9.10. The Morgan fingerprint density at radius 2 is 2.05 bits per heavy atom. The summed E-state index contributed by atoms with van der Waals surface area (Å²) in [4.78, 5) is 38.0. The lowest BCUT2D eigenvalue weighted by Gasteiger charge is -2.17. The van der Waals surface area contributed by atoms with E-state index in [0.717, 1.165) is 9.04 Å². The third-order valence-corrected chi connectivity index (χ3v) is 4.91. The molecule has 0 aliphatic carbocycles. The van der Waals surface area contributed by atoms with Crippen LogP contribution < -0.4 is 11.2 Å². The summed E-state index contributed by atoms with van der Waals surface area (Å²) >= 11 is 4.65. The Labute approximate surface area is 133 Å². The molecule has 2 heterocycles. The SMILES string of the molecule is CN(Cc1cn(C)c(=O)n(C)c1=O)C(=O)c1sccc1Br. The zero-order valence-electron chi connectivity index (χ0n) is 11.8. The van der Waals surface area contributed by atoms with Crippen LogP contribution in [0, 0.1) is 0 Å². The average Bonchev–Trinajstić information content (AvgIpc) is 2.87. The summed E-state index contributed by atoms with van der Waals surface area (Å²) in [5.41, 5.74) is -0.384. The van der Waals surface area contributed by atoms with Gasteiger partial charge in [-0.05, 0) is 27.4 Å². The predicted molar refractivity (Wildman–Crippen MR) is 84.7 cm³/mol. The first-order chi connectivity index (χ1) is 9.82. The van der Waals surface area contributed by atoms with Gasteiger partial charge in [0.25, 0.3) is 11.5 Å². The van der Waals surface area contributed by atoms with Gasteiger partial charge in [-0.25, -0.2) is 4.79 Å². The molecular formula is C13H14BrN3O3S. The molecule has 6 nitrogen and oxygen atoms in total. The Bertz CT molecular complexity index is 806. The summed E-state index contributed by atoms with van der Waals surface area (Å²) < 4.78 is 3.10. The van der Waals surface area contributed by atoms with Crippen molar-refractivity contribution in [2.45, 2.75) is 6.54 Å². The molecule has 0 aromatic carbocycles. The van der Waals surface area contributed by atoms with Crippen molar-refractivity contribution >= 4 is 33.2 Å². The fraction of sp³-hybridized carbons (Fsp3) is 0.308. The minimum Gasteiger partial charge on any atom is -0.336 e. The van der Waals surface area contributed by atoms with Gasteiger partial charge >= 0.3 is 5.69 Å². The second kappa shape index (κ2) is 5.98. The molecule has 2 aromatic heterocycles. The maximum absolute atomic E-state index is 12.3. The summed E-state index contributed by atoms with van der Waals surface area (Å²) in [7, 11) is 4.62. The molecule has 0 saturated carbocycles. The zero-order chi connectivity index (χ0) is 15.7. The van der Waals surface area contributed by atoms with Gasteiger partial charge in [-0.3, -0.25) is 14.2 Å². The van der Waals surface area contributed by atoms with Gasteiger partial charge in [-0.1, -0.05) is 0 Å². The largest absolute Gasteiger partial charge is 0.336 e. The Morgan fingerprint density at radius 1 is 1.38 bits per heavy atom. The van der Waals surface area contributed by atoms with E-state index in [0.29, 0.717) is 10.4 Å². The van der Waals surface area contributed by atoms with Crippen molar-refractivity contribution < 1.29 is 4.79 Å². The molecule has 0 saturated heterocycles. The number of amides is 1. The number of carbonyl (C=O) groups is 1. The van der Waals surface area contributed by atoms with E-state index < -0.39 is 5.69 Å². The first kappa shape index (κ1) is 15.7. The third kappa shape index (κ3) is 3.01. The normalized spacial score (nSPS) is 10.7. The van der Waals surface area contributed by atoms with Crippen LogP contribution in [0.4, 0.5) is 0 Å². The molecule has 0 atom stereocenters. The number of nitrogens with zero attached hydrogens (tertiary/aromatic N) is 3. The summed E-state index contributed by atoms with van der Waals surface area (Å²) in [6, 6.07) is 1.80. The van der Waals surface area contributed by atoms with Crippen LogP contribution >= 0.6 is 27.3 Å². The highest BCUT2D eigenvalue weighted by Gasteiger charge is 2.18. The number of carbonyl (C=O) groups excluding carboxylic acids is 1. The van der Waals surface area contributed by atoms with Crippen molar-refractivity contribution in [3.63, 3.8) is 0 Å². The molecule has 1 amide bonds. The van der Waals surface area contributed by atoms with E-state index in [9.17, 15) is 14.4 Å². The molecule has 0 aliphatic heterocycles. The quantitative estimate of drug-likeness (QED) is 0.813. The van der Waals surface area contributed by atoms with Crippen LogP contribution in [-0.4, -0.2) is 27.0 Å². The van der Waals surface area contributed by atoms with Gasteiger partial charge in [-0.15, -0.1) is 11.3 Å². The molecule has 0 unspecified atom stereocenters. The zero-order valence-corrected chi connectivity index (χ0v) is 14.2. The van der Waals surface area contributed by atoms with Crippen molar-refractivity contribution in [1.82, 2.24) is 14.0 Å². The monoisotopic (exact) mass is 371 g/mol. The Kier molecular flexibility index (Phi) is 4.48. The van der Waals surface area contributed by atoms with Gasteiger partial charge < -0.3 is 9.47 Å². The summed E-state index contributed by atoms with van der Waals surface area (Å²) in [6.45, 7) is 0.143. The van der Waals surface area contributed by atoms with E-state index in [1.54, 1.807) is 20.2 Å². The van der Waals surface area contributed by atoms with Crippen LogP contribution in [0.3, 0.4) is 0 Å². The van der Waals surface area contributed by atoms with Gasteiger partial charge in [-0.2, -0.15) is 0 Å². The molecular weight excluding hydrogens is 358 g/mol. The standard InChI is InChI=1S/C13H14BrN3O3S/c1-15(12(19)10-9(14)4-5-21-10)6-8-7-16(2)13(20)17(3)11(8)18/h4-5,7H,6H2,1-3H3. The lowest BCUT2D eigenvalue weighted by Crippen LogP contribution is -2.40. The smallest absolute Gasteiger partial charge is 0.330 e. The molecule has 0 radical (unpaired) electrons. The minimum atomic E-state index is -0.390. The summed E-state index contributed by atoms with van der Waals surface area (Å²) in [6.07, 6.45) is 1.47. The second-order valence-electron chi connectivity index (χ2n) is 4.67. The summed E-state index contributed by atoms with van der Waals surface area (Å²) in [5.74, 6) is -0.173. The Morgan fingerprint density at radius 3 is 2.62 bits per heavy atom. The van der Waals surface area contributed by atoms with Crippen molar-refractivity contribution in [3.05, 3.63) is 53.4 Å². The fourth-order valence-electron chi connectivity index (χ4n) is 1.94. The second-order valence-corrected chi connectivity index (χ2v) is 6.44. The Hall–Kier alpha value is -1.67. The van der Waals surface area contributed by atoms with E-state index >= 15 is 0 Å². The molecule has 0 spiro atoms. The molecule has 21 heavy (non-hydrogen) atoms. The first-order valence-corrected chi connectivity index (χ1v) is 7.74. The minimum absolute atomic E-state index is 0.143. The van der Waals surface area contributed by atoms with Crippen LogP contribution in [0.15, 0.2) is 31.7 Å². The molecule has 0 N–H and O–H groups in total. The fourth-order valence-corrected chi connectivity index (χ4v) is 3.47. The van der Waals surface area contributed by atoms with Crippen molar-refractivity contribution in [3.8, 4) is 0 Å². The maximum atomic E-state index is 12.3.